The number of esters is 1. The predicted molar refractivity (Wildman–Crippen MR) is 129 cm³/mol. The number of halogens is 17. The molecule has 0 saturated carbocycles. The molecule has 0 aromatic carbocycles. The van der Waals surface area contributed by atoms with Crippen LogP contribution in [0.4, 0.5) is 75.2 Å². The highest BCUT2D eigenvalue weighted by Gasteiger charge is 2.95. The van der Waals surface area contributed by atoms with Crippen LogP contribution in [-0.4, -0.2) is 65.3 Å². The van der Waals surface area contributed by atoms with Gasteiger partial charge in [-0.1, -0.05) is 20.8 Å². The van der Waals surface area contributed by atoms with Crippen molar-refractivity contribution < 1.29 is 84.6 Å². The molecule has 4 nitrogen and oxygen atoms in total. The summed E-state index contributed by atoms with van der Waals surface area (Å²) in [6.45, 7) is 6.26. The van der Waals surface area contributed by atoms with E-state index in [2.05, 4.69) is 11.6 Å². The molecule has 1 heterocycles. The Morgan fingerprint density at radius 2 is 1.22 bits per heavy atom. The molecule has 0 fully saturated rings. The van der Waals surface area contributed by atoms with Gasteiger partial charge in [0.05, 0.1) is 12.2 Å². The van der Waals surface area contributed by atoms with Gasteiger partial charge in [-0.05, 0) is 54.7 Å². The van der Waals surface area contributed by atoms with Crippen LogP contribution in [0.1, 0.15) is 54.9 Å². The number of fused-ring (bicyclic) bond motifs is 1. The first kappa shape index (κ1) is 40.0. The average molecular weight is 744 g/mol. The number of hydrogen-bond donors (Lipinski definition) is 1. The lowest BCUT2D eigenvalue weighted by Gasteiger charge is -2.42. The number of hydrogen-bond acceptors (Lipinski definition) is 4. The van der Waals surface area contributed by atoms with Gasteiger partial charge in [-0.25, -0.2) is 4.79 Å². The summed E-state index contributed by atoms with van der Waals surface area (Å²) in [5, 5.41) is -7.02. The summed E-state index contributed by atoms with van der Waals surface area (Å²) >= 11 is 3.79. The normalized spacial score (nSPS) is 17.9. The van der Waals surface area contributed by atoms with E-state index in [0.717, 1.165) is 5.32 Å². The maximum atomic E-state index is 14.6. The van der Waals surface area contributed by atoms with Gasteiger partial charge in [-0.15, -0.1) is 11.3 Å². The number of anilines is 1. The monoisotopic (exact) mass is 743 g/mol. The average Bonchev–Trinajstić information content (AvgIpc) is 3.23. The minimum atomic E-state index is -8.71. The van der Waals surface area contributed by atoms with E-state index in [1.165, 1.54) is 6.92 Å². The standard InChI is InChI=1S/C24H22ClF16NO3S/c1-5-45-14(43)12-10-7-6-9(16(2,3)4)8-11(10)46-13(12)42-15(44)17(26,27)18(28,29)19(30,31)20(32,33)21(34,35)22(36,37)23(38,39)24(25,40)41/h9H,5-8H2,1-4H3,(H,42,44). The zero-order valence-electron chi connectivity index (χ0n) is 23.5. The van der Waals surface area contributed by atoms with Gasteiger partial charge in [-0.2, -0.15) is 70.2 Å². The molecule has 1 aliphatic carbocycles. The second-order valence-corrected chi connectivity index (χ2v) is 12.8. The molecule has 0 bridgehead atoms. The molecule has 1 aromatic heterocycles. The molecule has 1 N–H and O–H groups in total. The van der Waals surface area contributed by atoms with E-state index < -0.39 is 74.7 Å². The highest BCUT2D eigenvalue weighted by molar-refractivity contribution is 7.17. The highest BCUT2D eigenvalue weighted by Crippen LogP contribution is 2.64. The van der Waals surface area contributed by atoms with Crippen molar-refractivity contribution in [2.75, 3.05) is 11.9 Å². The first-order chi connectivity index (χ1) is 20.2. The second kappa shape index (κ2) is 11.7. The molecule has 0 aliphatic heterocycles. The third kappa shape index (κ3) is 5.88. The van der Waals surface area contributed by atoms with Crippen molar-refractivity contribution >= 4 is 39.8 Å². The molecule has 22 heteroatoms. The molecule has 0 spiro atoms. The lowest BCUT2D eigenvalue weighted by molar-refractivity contribution is -0.445. The van der Waals surface area contributed by atoms with Gasteiger partial charge >= 0.3 is 58.7 Å². The molecule has 0 saturated heterocycles. The maximum Gasteiger partial charge on any atom is 0.393 e. The Bertz CT molecular complexity index is 1330. The number of thiophene rings is 1. The van der Waals surface area contributed by atoms with Crippen molar-refractivity contribution in [2.45, 2.75) is 93.8 Å². The van der Waals surface area contributed by atoms with Crippen LogP contribution < -0.4 is 5.32 Å². The summed E-state index contributed by atoms with van der Waals surface area (Å²) in [5.41, 5.74) is -1.08. The third-order valence-corrected chi connectivity index (χ3v) is 8.61. The fraction of sp³-hybridized carbons (Fsp3) is 0.750. The summed E-state index contributed by atoms with van der Waals surface area (Å²) < 4.78 is 226. The van der Waals surface area contributed by atoms with Crippen LogP contribution in [0.25, 0.3) is 0 Å². The molecule has 2 rings (SSSR count). The van der Waals surface area contributed by atoms with E-state index in [1.807, 2.05) is 0 Å². The first-order valence-corrected chi connectivity index (χ1v) is 13.7. The number of nitrogens with one attached hydrogen (secondary N) is 1. The molecule has 1 amide bonds. The number of amides is 1. The maximum absolute atomic E-state index is 14.6. The number of rotatable bonds is 11. The van der Waals surface area contributed by atoms with Gasteiger partial charge in [0.25, 0.3) is 0 Å². The Balaban J connectivity index is 2.61. The predicted octanol–water partition coefficient (Wildman–Crippen LogP) is 9.29. The first-order valence-electron chi connectivity index (χ1n) is 12.5. The largest absolute Gasteiger partial charge is 0.462 e. The van der Waals surface area contributed by atoms with Gasteiger partial charge in [-0.3, -0.25) is 4.79 Å². The zero-order chi connectivity index (χ0) is 36.5. The molecule has 1 aliphatic rings. The van der Waals surface area contributed by atoms with Crippen LogP contribution in [0, 0.1) is 11.3 Å². The van der Waals surface area contributed by atoms with Crippen LogP contribution in [-0.2, 0) is 22.4 Å². The Labute approximate surface area is 257 Å². The number of ether oxygens (including phenoxy) is 1. The van der Waals surface area contributed by atoms with Crippen LogP contribution in [0.5, 0.6) is 0 Å². The minimum Gasteiger partial charge on any atom is -0.462 e. The molecular formula is C24H22ClF16NO3S. The summed E-state index contributed by atoms with van der Waals surface area (Å²) in [7, 11) is 0. The quantitative estimate of drug-likeness (QED) is 0.140. The minimum absolute atomic E-state index is 0.00388. The van der Waals surface area contributed by atoms with E-state index in [4.69, 9.17) is 4.74 Å². The van der Waals surface area contributed by atoms with Crippen molar-refractivity contribution in [1.29, 1.82) is 0 Å². The fourth-order valence-corrected chi connectivity index (χ4v) is 5.75. The van der Waals surface area contributed by atoms with Crippen molar-refractivity contribution in [3.05, 3.63) is 16.0 Å². The summed E-state index contributed by atoms with van der Waals surface area (Å²) in [5.74, 6) is -62.8. The topological polar surface area (TPSA) is 55.4 Å². The highest BCUT2D eigenvalue weighted by atomic mass is 35.5. The van der Waals surface area contributed by atoms with Crippen molar-refractivity contribution in [1.82, 2.24) is 0 Å². The molecule has 266 valence electrons. The second-order valence-electron chi connectivity index (χ2n) is 11.2. The molecule has 1 aromatic rings. The van der Waals surface area contributed by atoms with E-state index in [9.17, 15) is 79.8 Å². The van der Waals surface area contributed by atoms with E-state index in [-0.39, 0.29) is 47.1 Å². The van der Waals surface area contributed by atoms with E-state index in [0.29, 0.717) is 6.42 Å². The van der Waals surface area contributed by atoms with E-state index >= 15 is 0 Å². The lowest BCUT2D eigenvalue weighted by atomic mass is 9.72. The van der Waals surface area contributed by atoms with Crippen LogP contribution >= 0.6 is 22.9 Å². The van der Waals surface area contributed by atoms with Gasteiger partial charge in [0, 0.05) is 4.88 Å². The fourth-order valence-electron chi connectivity index (χ4n) is 4.32. The van der Waals surface area contributed by atoms with Crippen molar-refractivity contribution in [3.63, 3.8) is 0 Å². The van der Waals surface area contributed by atoms with Crippen molar-refractivity contribution in [3.8, 4) is 0 Å². The Kier molecular flexibility index (Phi) is 10.2. The molecular weight excluding hydrogens is 722 g/mol. The Hall–Kier alpha value is -2.19. The van der Waals surface area contributed by atoms with Gasteiger partial charge in [0.15, 0.2) is 0 Å². The molecule has 0 radical (unpaired) electrons. The van der Waals surface area contributed by atoms with Gasteiger partial charge < -0.3 is 10.1 Å². The Morgan fingerprint density at radius 1 is 0.783 bits per heavy atom. The lowest BCUT2D eigenvalue weighted by Crippen LogP contribution is -2.75. The van der Waals surface area contributed by atoms with Crippen LogP contribution in [0.2, 0.25) is 0 Å². The molecule has 1 unspecified atom stereocenters. The van der Waals surface area contributed by atoms with E-state index in [1.54, 1.807) is 20.8 Å². The number of alkyl halides is 17. The summed E-state index contributed by atoms with van der Waals surface area (Å²) in [4.78, 5) is 25.0. The third-order valence-electron chi connectivity index (χ3n) is 7.20. The van der Waals surface area contributed by atoms with Gasteiger partial charge in [0.2, 0.25) is 0 Å². The number of carbonyl (C=O) groups excluding carboxylic acids is 2. The summed E-state index contributed by atoms with van der Waals surface area (Å²) in [6, 6.07) is 0. The number of carbonyl (C=O) groups is 2. The summed E-state index contributed by atoms with van der Waals surface area (Å²) in [6.07, 6.45) is 0.442. The zero-order valence-corrected chi connectivity index (χ0v) is 25.0. The SMILES string of the molecule is CCOC(=O)c1c(NC(=O)C(F)(F)C(F)(F)C(F)(F)C(F)(F)C(F)(F)C(F)(F)C(F)(F)C(F)(F)Cl)sc2c1CCC(C(C)(C)C)C2. The van der Waals surface area contributed by atoms with Crippen LogP contribution in [0.3, 0.4) is 0 Å². The smallest absolute Gasteiger partial charge is 0.393 e. The molecule has 1 atom stereocenters. The Morgan fingerprint density at radius 3 is 1.63 bits per heavy atom. The van der Waals surface area contributed by atoms with Crippen molar-refractivity contribution in [2.24, 2.45) is 11.3 Å². The van der Waals surface area contributed by atoms with Gasteiger partial charge in [0.1, 0.15) is 5.00 Å². The van der Waals surface area contributed by atoms with Crippen LogP contribution in [0.15, 0.2) is 0 Å². The molecule has 46 heavy (non-hydrogen) atoms.